The maximum Gasteiger partial charge on any atom is 3.00 e. The van der Waals surface area contributed by atoms with Crippen molar-refractivity contribution in [3.8, 4) is 0 Å². The van der Waals surface area contributed by atoms with Gasteiger partial charge in [-0.25, -0.2) is 0 Å². The van der Waals surface area contributed by atoms with Crippen LogP contribution in [0.1, 0.15) is 56.2 Å². The molecule has 0 saturated heterocycles. The number of hydrogen-bond acceptors (Lipinski definition) is 0. The Bertz CT molecular complexity index is 504. The van der Waals surface area contributed by atoms with Crippen LogP contribution in [0.3, 0.4) is 0 Å². The molecule has 0 aromatic heterocycles. The fraction of sp³-hybridized carbons (Fsp3) is 0.389. The van der Waals surface area contributed by atoms with E-state index in [-0.39, 0.29) is 41.1 Å². The van der Waals surface area contributed by atoms with Gasteiger partial charge in [0.1, 0.15) is 0 Å². The van der Waals surface area contributed by atoms with Crippen LogP contribution < -0.4 is 0 Å². The molecule has 2 aromatic carbocycles. The Morgan fingerprint density at radius 3 is 1.95 bits per heavy atom. The van der Waals surface area contributed by atoms with Crippen molar-refractivity contribution < 1.29 is 26.2 Å². The minimum atomic E-state index is 0. The van der Waals surface area contributed by atoms with Crippen molar-refractivity contribution in [2.45, 2.75) is 46.5 Å². The third-order valence-corrected chi connectivity index (χ3v) is 3.31. The largest absolute Gasteiger partial charge is 3.00 e. The van der Waals surface area contributed by atoms with Crippen molar-refractivity contribution in [1.29, 1.82) is 0 Å². The summed E-state index contributed by atoms with van der Waals surface area (Å²) in [7, 11) is 0. The fourth-order valence-electron chi connectivity index (χ4n) is 2.33. The van der Waals surface area contributed by atoms with Gasteiger partial charge in [-0.1, -0.05) is 51.8 Å². The number of aryl methyl sites for hydroxylation is 1. The topological polar surface area (TPSA) is 0 Å². The zero-order valence-corrected chi connectivity index (χ0v) is 15.9. The third kappa shape index (κ3) is 4.35. The fourth-order valence-corrected chi connectivity index (χ4v) is 2.33. The summed E-state index contributed by atoms with van der Waals surface area (Å²) in [5.41, 5.74) is 4.33. The molecule has 103 valence electrons. The molecule has 0 aliphatic rings. The molecule has 0 bridgehead atoms. The Labute approximate surface area is 139 Å². The normalized spacial score (nSPS) is 10.1. The van der Waals surface area contributed by atoms with Crippen LogP contribution in [-0.2, 0) is 26.2 Å². The molecule has 0 aliphatic heterocycles. The molecular weight excluding hydrogens is 307 g/mol. The predicted octanol–water partition coefficient (Wildman–Crippen LogP) is 6.01. The van der Waals surface area contributed by atoms with Crippen LogP contribution >= 0.6 is 0 Å². The molecule has 0 fully saturated rings. The van der Waals surface area contributed by atoms with Crippen LogP contribution in [-0.4, -0.2) is 0 Å². The van der Waals surface area contributed by atoms with Crippen molar-refractivity contribution in [2.24, 2.45) is 0 Å². The zero-order chi connectivity index (χ0) is 11.9. The summed E-state index contributed by atoms with van der Waals surface area (Å²) in [6.45, 7) is 11.3. The van der Waals surface area contributed by atoms with Gasteiger partial charge in [-0.05, 0) is 11.8 Å². The Kier molecular flexibility index (Phi) is 8.96. The van der Waals surface area contributed by atoms with E-state index in [2.05, 4.69) is 58.9 Å². The summed E-state index contributed by atoms with van der Waals surface area (Å²) in [5, 5.41) is 2.85. The first-order valence-electron chi connectivity index (χ1n) is 6.20. The van der Waals surface area contributed by atoms with Crippen molar-refractivity contribution >= 4 is 10.8 Å². The Morgan fingerprint density at radius 2 is 1.47 bits per heavy atom. The first-order chi connectivity index (χ1) is 7.49. The molecule has 19 heavy (non-hydrogen) atoms. The predicted molar refractivity (Wildman–Crippen MR) is 85.3 cm³/mol. The Balaban J connectivity index is 0. The molecule has 0 heterocycles. The molecular formula is C18H27Zr. The summed E-state index contributed by atoms with van der Waals surface area (Å²) >= 11 is 0. The van der Waals surface area contributed by atoms with E-state index in [0.29, 0.717) is 11.8 Å². The van der Waals surface area contributed by atoms with Crippen LogP contribution in [0.4, 0.5) is 0 Å². The SMILES string of the molecule is Cc1cc2c(C(C)C)cc(C(C)C)cc2[cH-]1.[CH3-].[CH3-].[Zr+3]. The maximum absolute atomic E-state index is 2.39. The average Bonchev–Trinajstić information content (AvgIpc) is 2.55. The first-order valence-corrected chi connectivity index (χ1v) is 6.20. The van der Waals surface area contributed by atoms with Gasteiger partial charge in [0.15, 0.2) is 0 Å². The summed E-state index contributed by atoms with van der Waals surface area (Å²) in [4.78, 5) is 0. The summed E-state index contributed by atoms with van der Waals surface area (Å²) in [5.74, 6) is 1.21. The van der Waals surface area contributed by atoms with E-state index in [1.807, 2.05) is 0 Å². The molecule has 0 nitrogen and oxygen atoms in total. The van der Waals surface area contributed by atoms with E-state index in [1.54, 1.807) is 0 Å². The molecule has 0 atom stereocenters. The molecule has 0 spiro atoms. The molecule has 2 rings (SSSR count). The van der Waals surface area contributed by atoms with Gasteiger partial charge in [0.05, 0.1) is 0 Å². The zero-order valence-electron chi connectivity index (χ0n) is 13.5. The molecule has 0 aliphatic carbocycles. The minimum absolute atomic E-state index is 0. The number of fused-ring (bicyclic) bond motifs is 1. The molecule has 0 amide bonds. The van der Waals surface area contributed by atoms with Gasteiger partial charge in [0.25, 0.3) is 0 Å². The minimum Gasteiger partial charge on any atom is -0.358 e. The van der Waals surface area contributed by atoms with E-state index in [9.17, 15) is 0 Å². The quantitative estimate of drug-likeness (QED) is 0.590. The van der Waals surface area contributed by atoms with E-state index >= 15 is 0 Å². The van der Waals surface area contributed by atoms with Gasteiger partial charge in [-0.15, -0.1) is 28.5 Å². The molecule has 0 N–H and O–H groups in total. The molecule has 1 heteroatoms. The summed E-state index contributed by atoms with van der Waals surface area (Å²) < 4.78 is 0. The summed E-state index contributed by atoms with van der Waals surface area (Å²) in [6.07, 6.45) is 0. The molecule has 0 saturated carbocycles. The van der Waals surface area contributed by atoms with Gasteiger partial charge in [0, 0.05) is 0 Å². The van der Waals surface area contributed by atoms with Crippen LogP contribution in [0.2, 0.25) is 0 Å². The standard InChI is InChI=1S/C16H21.2CH3.Zr/c1-10(2)13-8-14-6-12(5)7-16(14)15(9-13)11(3)4;;;/h6-11H,1-5H3;2*1H3;/q3*-1;+3. The van der Waals surface area contributed by atoms with Crippen LogP contribution in [0.15, 0.2) is 24.3 Å². The van der Waals surface area contributed by atoms with Crippen LogP contribution in [0, 0.1) is 21.8 Å². The van der Waals surface area contributed by atoms with Crippen molar-refractivity contribution in [3.63, 3.8) is 0 Å². The van der Waals surface area contributed by atoms with Gasteiger partial charge in [-0.3, -0.25) is 0 Å². The van der Waals surface area contributed by atoms with E-state index < -0.39 is 0 Å². The Hall–Kier alpha value is -0.287. The van der Waals surface area contributed by atoms with Crippen molar-refractivity contribution in [1.82, 2.24) is 0 Å². The van der Waals surface area contributed by atoms with Crippen LogP contribution in [0.25, 0.3) is 10.8 Å². The monoisotopic (exact) mass is 333 g/mol. The van der Waals surface area contributed by atoms with Gasteiger partial charge < -0.3 is 14.9 Å². The second-order valence-corrected chi connectivity index (χ2v) is 5.46. The van der Waals surface area contributed by atoms with Gasteiger partial charge in [-0.2, -0.15) is 6.07 Å². The van der Waals surface area contributed by atoms with Gasteiger partial charge >= 0.3 is 26.2 Å². The molecule has 2 aromatic rings. The summed E-state index contributed by atoms with van der Waals surface area (Å²) in [6, 6.07) is 9.35. The third-order valence-electron chi connectivity index (χ3n) is 3.31. The van der Waals surface area contributed by atoms with Gasteiger partial charge in [0.2, 0.25) is 0 Å². The van der Waals surface area contributed by atoms with Crippen molar-refractivity contribution in [3.05, 3.63) is 55.8 Å². The van der Waals surface area contributed by atoms with E-state index in [0.717, 1.165) is 0 Å². The number of hydrogen-bond donors (Lipinski definition) is 0. The second kappa shape index (κ2) is 8.10. The number of benzene rings is 1. The van der Waals surface area contributed by atoms with E-state index in [1.165, 1.54) is 27.5 Å². The smallest absolute Gasteiger partial charge is 0.358 e. The second-order valence-electron chi connectivity index (χ2n) is 5.46. The first kappa shape index (κ1) is 21.0. The maximum atomic E-state index is 2.39. The van der Waals surface area contributed by atoms with Crippen molar-refractivity contribution in [2.75, 3.05) is 0 Å². The number of rotatable bonds is 2. The average molecular weight is 335 g/mol. The van der Waals surface area contributed by atoms with Crippen LogP contribution in [0.5, 0.6) is 0 Å². The molecule has 1 radical (unpaired) electrons. The Morgan fingerprint density at radius 1 is 0.895 bits per heavy atom. The van der Waals surface area contributed by atoms with E-state index in [4.69, 9.17) is 0 Å². The molecule has 0 unspecified atom stereocenters.